The lowest BCUT2D eigenvalue weighted by Gasteiger charge is -2.38. The molecule has 1 N–H and O–H groups in total. The Morgan fingerprint density at radius 2 is 2.04 bits per heavy atom. The molecular formula is C16H24Cl2N4O. The van der Waals surface area contributed by atoms with Gasteiger partial charge in [0.15, 0.2) is 5.69 Å². The molecule has 2 aliphatic heterocycles. The Balaban J connectivity index is 0.00000192. The summed E-state index contributed by atoms with van der Waals surface area (Å²) in [6.45, 7) is 7.78. The van der Waals surface area contributed by atoms with E-state index in [9.17, 15) is 4.79 Å². The largest absolute Gasteiger partial charge is 0.337 e. The SMILES string of the molecule is CC(C)c1ncc(Cl)c(C(=O)N2CCC3(CCNC3)CC2)n1.Cl. The van der Waals surface area contributed by atoms with Crippen LogP contribution in [0.4, 0.5) is 0 Å². The number of nitrogens with one attached hydrogen (secondary N) is 1. The van der Waals surface area contributed by atoms with E-state index in [1.165, 1.54) is 6.42 Å². The summed E-state index contributed by atoms with van der Waals surface area (Å²) in [6, 6.07) is 0. The molecule has 1 aromatic heterocycles. The molecule has 0 bridgehead atoms. The molecule has 3 heterocycles. The van der Waals surface area contributed by atoms with E-state index < -0.39 is 0 Å². The highest BCUT2D eigenvalue weighted by Crippen LogP contribution is 2.37. The molecule has 128 valence electrons. The zero-order valence-electron chi connectivity index (χ0n) is 13.6. The number of nitrogens with zero attached hydrogens (tertiary/aromatic N) is 3. The molecule has 2 saturated heterocycles. The second-order valence-corrected chi connectivity index (χ2v) is 7.21. The first-order valence-electron chi connectivity index (χ1n) is 8.03. The normalized spacial score (nSPS) is 19.9. The summed E-state index contributed by atoms with van der Waals surface area (Å²) in [6.07, 6.45) is 4.89. The fourth-order valence-electron chi connectivity index (χ4n) is 3.37. The average molecular weight is 359 g/mol. The Morgan fingerprint density at radius 1 is 1.35 bits per heavy atom. The minimum absolute atomic E-state index is 0. The lowest BCUT2D eigenvalue weighted by molar-refractivity contribution is 0.0601. The van der Waals surface area contributed by atoms with E-state index in [2.05, 4.69) is 15.3 Å². The van der Waals surface area contributed by atoms with Crippen molar-refractivity contribution in [1.29, 1.82) is 0 Å². The highest BCUT2D eigenvalue weighted by Gasteiger charge is 2.38. The summed E-state index contributed by atoms with van der Waals surface area (Å²) < 4.78 is 0. The van der Waals surface area contributed by atoms with Crippen LogP contribution in [0.3, 0.4) is 0 Å². The van der Waals surface area contributed by atoms with E-state index >= 15 is 0 Å². The van der Waals surface area contributed by atoms with Gasteiger partial charge >= 0.3 is 0 Å². The lowest BCUT2D eigenvalue weighted by Crippen LogP contribution is -2.44. The number of hydrogen-bond donors (Lipinski definition) is 1. The molecule has 1 spiro atoms. The Bertz CT molecular complexity index is 563. The minimum Gasteiger partial charge on any atom is -0.337 e. The van der Waals surface area contributed by atoms with Crippen LogP contribution in [-0.4, -0.2) is 47.0 Å². The van der Waals surface area contributed by atoms with Crippen LogP contribution in [0.25, 0.3) is 0 Å². The second kappa shape index (κ2) is 7.32. The van der Waals surface area contributed by atoms with Gasteiger partial charge in [0, 0.05) is 25.6 Å². The van der Waals surface area contributed by atoms with Crippen LogP contribution in [0, 0.1) is 5.41 Å². The standard InChI is InChI=1S/C16H23ClN4O.ClH/c1-11(2)14-19-9-12(17)13(20-14)15(22)21-7-4-16(5-8-21)3-6-18-10-16;/h9,11,18H,3-8,10H2,1-2H3;1H. The second-order valence-electron chi connectivity index (χ2n) is 6.80. The van der Waals surface area contributed by atoms with Crippen LogP contribution < -0.4 is 5.32 Å². The van der Waals surface area contributed by atoms with Gasteiger partial charge in [-0.2, -0.15) is 0 Å². The van der Waals surface area contributed by atoms with E-state index in [-0.39, 0.29) is 24.2 Å². The first-order valence-corrected chi connectivity index (χ1v) is 8.41. The predicted octanol–water partition coefficient (Wildman–Crippen LogP) is 2.89. The summed E-state index contributed by atoms with van der Waals surface area (Å²) in [5.41, 5.74) is 0.746. The Kier molecular flexibility index (Phi) is 5.87. The van der Waals surface area contributed by atoms with Crippen molar-refractivity contribution in [2.45, 2.75) is 39.0 Å². The van der Waals surface area contributed by atoms with Crippen LogP contribution in [0.5, 0.6) is 0 Å². The molecule has 7 heteroatoms. The maximum absolute atomic E-state index is 12.7. The highest BCUT2D eigenvalue weighted by atomic mass is 35.5. The molecule has 0 radical (unpaired) electrons. The number of carbonyl (C=O) groups is 1. The van der Waals surface area contributed by atoms with Gasteiger partial charge in [0.1, 0.15) is 5.82 Å². The van der Waals surface area contributed by atoms with Crippen molar-refractivity contribution in [3.63, 3.8) is 0 Å². The molecule has 2 aliphatic rings. The van der Waals surface area contributed by atoms with Crippen molar-refractivity contribution < 1.29 is 4.79 Å². The van der Waals surface area contributed by atoms with E-state index in [1.54, 1.807) is 6.20 Å². The van der Waals surface area contributed by atoms with Gasteiger partial charge in [0.05, 0.1) is 11.2 Å². The molecular weight excluding hydrogens is 335 g/mol. The molecule has 0 unspecified atom stereocenters. The maximum atomic E-state index is 12.7. The van der Waals surface area contributed by atoms with Gasteiger partial charge in [-0.3, -0.25) is 4.79 Å². The molecule has 2 fully saturated rings. The fourth-order valence-corrected chi connectivity index (χ4v) is 3.54. The van der Waals surface area contributed by atoms with Gasteiger partial charge in [-0.05, 0) is 31.2 Å². The number of halogens is 2. The van der Waals surface area contributed by atoms with E-state index in [0.717, 1.165) is 39.0 Å². The number of rotatable bonds is 2. The van der Waals surface area contributed by atoms with Crippen LogP contribution in [-0.2, 0) is 0 Å². The smallest absolute Gasteiger partial charge is 0.274 e. The number of piperidine rings is 1. The summed E-state index contributed by atoms with van der Waals surface area (Å²) in [4.78, 5) is 23.2. The van der Waals surface area contributed by atoms with Crippen molar-refractivity contribution in [3.05, 3.63) is 22.7 Å². The van der Waals surface area contributed by atoms with Gasteiger partial charge in [-0.1, -0.05) is 25.4 Å². The zero-order chi connectivity index (χ0) is 15.7. The predicted molar refractivity (Wildman–Crippen MR) is 93.4 cm³/mol. The highest BCUT2D eigenvalue weighted by molar-refractivity contribution is 6.33. The molecule has 0 aliphatic carbocycles. The number of amides is 1. The number of likely N-dealkylation sites (tertiary alicyclic amines) is 1. The van der Waals surface area contributed by atoms with Crippen molar-refractivity contribution in [2.24, 2.45) is 5.41 Å². The molecule has 1 amide bonds. The van der Waals surface area contributed by atoms with Crippen LogP contribution in [0.15, 0.2) is 6.20 Å². The fraction of sp³-hybridized carbons (Fsp3) is 0.688. The van der Waals surface area contributed by atoms with Crippen molar-refractivity contribution >= 4 is 29.9 Å². The molecule has 23 heavy (non-hydrogen) atoms. The number of hydrogen-bond acceptors (Lipinski definition) is 4. The van der Waals surface area contributed by atoms with Crippen LogP contribution >= 0.6 is 24.0 Å². The van der Waals surface area contributed by atoms with E-state index in [1.807, 2.05) is 18.7 Å². The number of carbonyl (C=O) groups excluding carboxylic acids is 1. The van der Waals surface area contributed by atoms with Gasteiger partial charge in [-0.15, -0.1) is 12.4 Å². The summed E-state index contributed by atoms with van der Waals surface area (Å²) in [7, 11) is 0. The van der Waals surface area contributed by atoms with Crippen molar-refractivity contribution in [1.82, 2.24) is 20.2 Å². The van der Waals surface area contributed by atoms with Crippen molar-refractivity contribution in [3.8, 4) is 0 Å². The first kappa shape index (κ1) is 18.4. The van der Waals surface area contributed by atoms with Crippen LogP contribution in [0.2, 0.25) is 5.02 Å². The molecule has 5 nitrogen and oxygen atoms in total. The maximum Gasteiger partial charge on any atom is 0.274 e. The molecule has 0 atom stereocenters. The third kappa shape index (κ3) is 3.78. The molecule has 0 aromatic carbocycles. The topological polar surface area (TPSA) is 58.1 Å². The zero-order valence-corrected chi connectivity index (χ0v) is 15.2. The van der Waals surface area contributed by atoms with Gasteiger partial charge in [0.25, 0.3) is 5.91 Å². The van der Waals surface area contributed by atoms with Gasteiger partial charge in [0.2, 0.25) is 0 Å². The molecule has 0 saturated carbocycles. The van der Waals surface area contributed by atoms with Gasteiger partial charge < -0.3 is 10.2 Å². The van der Waals surface area contributed by atoms with Crippen LogP contribution in [0.1, 0.15) is 55.3 Å². The average Bonchev–Trinajstić information content (AvgIpc) is 2.96. The quantitative estimate of drug-likeness (QED) is 0.882. The number of aromatic nitrogens is 2. The summed E-state index contributed by atoms with van der Waals surface area (Å²) in [5, 5.41) is 3.79. The summed E-state index contributed by atoms with van der Waals surface area (Å²) >= 11 is 6.15. The Labute approximate surface area is 148 Å². The van der Waals surface area contributed by atoms with E-state index in [0.29, 0.717) is 22.0 Å². The monoisotopic (exact) mass is 358 g/mol. The Morgan fingerprint density at radius 3 is 2.61 bits per heavy atom. The molecule has 1 aromatic rings. The summed E-state index contributed by atoms with van der Waals surface area (Å²) in [5.74, 6) is 0.786. The third-order valence-electron chi connectivity index (χ3n) is 4.93. The van der Waals surface area contributed by atoms with E-state index in [4.69, 9.17) is 11.6 Å². The third-order valence-corrected chi connectivity index (χ3v) is 5.20. The molecule has 3 rings (SSSR count). The van der Waals surface area contributed by atoms with Crippen molar-refractivity contribution in [2.75, 3.05) is 26.2 Å². The Hall–Kier alpha value is -0.910. The minimum atomic E-state index is -0.0601. The lowest BCUT2D eigenvalue weighted by atomic mass is 9.78. The van der Waals surface area contributed by atoms with Gasteiger partial charge in [-0.25, -0.2) is 9.97 Å². The first-order chi connectivity index (χ1) is 10.5.